The number of aromatic nitrogens is 1. The third-order valence-electron chi connectivity index (χ3n) is 4.27. The third-order valence-corrected chi connectivity index (χ3v) is 5.16. The predicted molar refractivity (Wildman–Crippen MR) is 114 cm³/mol. The highest BCUT2D eigenvalue weighted by Crippen LogP contribution is 2.26. The summed E-state index contributed by atoms with van der Waals surface area (Å²) in [7, 11) is 1.38. The van der Waals surface area contributed by atoms with Gasteiger partial charge in [-0.2, -0.15) is 0 Å². The molecule has 0 aliphatic heterocycles. The van der Waals surface area contributed by atoms with Crippen LogP contribution in [0.5, 0.6) is 5.75 Å². The van der Waals surface area contributed by atoms with Gasteiger partial charge in [0.2, 0.25) is 5.91 Å². The van der Waals surface area contributed by atoms with Gasteiger partial charge in [0.05, 0.1) is 6.10 Å². The Hall–Kier alpha value is -3.33. The number of hydrogen-bond donors (Lipinski definition) is 2. The lowest BCUT2D eigenvalue weighted by Crippen LogP contribution is -2.39. The van der Waals surface area contributed by atoms with Crippen LogP contribution in [0, 0.1) is 11.6 Å². The van der Waals surface area contributed by atoms with Crippen LogP contribution in [0.2, 0.25) is 0 Å². The van der Waals surface area contributed by atoms with Crippen molar-refractivity contribution in [3.63, 3.8) is 0 Å². The quantitative estimate of drug-likeness (QED) is 0.574. The van der Waals surface area contributed by atoms with Crippen molar-refractivity contribution in [3.05, 3.63) is 70.7 Å². The summed E-state index contributed by atoms with van der Waals surface area (Å²) in [5, 5.41) is 7.11. The van der Waals surface area contributed by atoms with Crippen LogP contribution in [0.25, 0.3) is 10.6 Å². The van der Waals surface area contributed by atoms with E-state index >= 15 is 0 Å². The van der Waals surface area contributed by atoms with Crippen LogP contribution in [0.4, 0.5) is 8.78 Å². The van der Waals surface area contributed by atoms with Gasteiger partial charge in [-0.1, -0.05) is 6.07 Å². The molecule has 1 aromatic heterocycles. The highest BCUT2D eigenvalue weighted by Gasteiger charge is 2.25. The Balaban J connectivity index is 1.78. The number of nitrogens with zero attached hydrogens (tertiary/aromatic N) is 1. The van der Waals surface area contributed by atoms with Gasteiger partial charge >= 0.3 is 0 Å². The van der Waals surface area contributed by atoms with E-state index < -0.39 is 29.5 Å². The number of halogens is 2. The number of hydrogen-bond acceptors (Lipinski definition) is 5. The van der Waals surface area contributed by atoms with E-state index in [2.05, 4.69) is 15.6 Å². The molecule has 6 nitrogen and oxygen atoms in total. The number of likely N-dealkylation sites (N-methyl/N-ethyl adjacent to an activating group) is 1. The van der Waals surface area contributed by atoms with Gasteiger partial charge in [-0.25, -0.2) is 13.8 Å². The second-order valence-corrected chi connectivity index (χ2v) is 7.78. The molecule has 1 atom stereocenters. The predicted octanol–water partition coefficient (Wildman–Crippen LogP) is 4.09. The van der Waals surface area contributed by atoms with E-state index in [1.807, 2.05) is 38.1 Å². The van der Waals surface area contributed by atoms with E-state index in [-0.39, 0.29) is 17.4 Å². The van der Waals surface area contributed by atoms with Crippen molar-refractivity contribution in [2.45, 2.75) is 26.0 Å². The maximum atomic E-state index is 13.6. The zero-order chi connectivity index (χ0) is 22.5. The summed E-state index contributed by atoms with van der Waals surface area (Å²) in [6.07, 6.45) is 0.0591. The molecule has 2 N–H and O–H groups in total. The Morgan fingerprint density at radius 3 is 2.39 bits per heavy atom. The van der Waals surface area contributed by atoms with E-state index in [1.54, 1.807) is 5.38 Å². The molecule has 0 aliphatic carbocycles. The Labute approximate surface area is 182 Å². The zero-order valence-electron chi connectivity index (χ0n) is 17.1. The van der Waals surface area contributed by atoms with Gasteiger partial charge in [-0.3, -0.25) is 9.59 Å². The SMILES string of the molecule is CNC(=O)C(NC(=O)c1csc(-c2ccc(OC(C)C)cc2)n1)c1ccc(F)c(F)c1. The van der Waals surface area contributed by atoms with Crippen LogP contribution in [0.15, 0.2) is 47.8 Å². The number of nitrogens with one attached hydrogen (secondary N) is 2. The van der Waals surface area contributed by atoms with Gasteiger partial charge < -0.3 is 15.4 Å². The molecule has 2 aromatic carbocycles. The number of benzene rings is 2. The lowest BCUT2D eigenvalue weighted by Gasteiger charge is -2.17. The molecular weight excluding hydrogens is 424 g/mol. The van der Waals surface area contributed by atoms with Crippen LogP contribution in [-0.2, 0) is 4.79 Å². The largest absolute Gasteiger partial charge is 0.491 e. The second-order valence-electron chi connectivity index (χ2n) is 6.92. The normalized spacial score (nSPS) is 11.8. The molecule has 162 valence electrons. The summed E-state index contributed by atoms with van der Waals surface area (Å²) >= 11 is 1.27. The molecule has 1 unspecified atom stereocenters. The minimum atomic E-state index is -1.20. The van der Waals surface area contributed by atoms with Crippen molar-refractivity contribution in [1.82, 2.24) is 15.6 Å². The summed E-state index contributed by atoms with van der Waals surface area (Å²) in [5.74, 6) is -2.61. The van der Waals surface area contributed by atoms with Gasteiger partial charge in [-0.15, -0.1) is 11.3 Å². The first-order valence-electron chi connectivity index (χ1n) is 9.48. The smallest absolute Gasteiger partial charge is 0.271 e. The number of carbonyl (C=O) groups excluding carboxylic acids is 2. The lowest BCUT2D eigenvalue weighted by molar-refractivity contribution is -0.122. The Kier molecular flexibility index (Phi) is 6.96. The average Bonchev–Trinajstić information content (AvgIpc) is 3.24. The highest BCUT2D eigenvalue weighted by atomic mass is 32.1. The Morgan fingerprint density at radius 1 is 1.06 bits per heavy atom. The van der Waals surface area contributed by atoms with Crippen LogP contribution >= 0.6 is 11.3 Å². The van der Waals surface area contributed by atoms with Gasteiger partial charge in [0.1, 0.15) is 22.5 Å². The molecule has 0 radical (unpaired) electrons. The minimum absolute atomic E-state index is 0.0591. The Morgan fingerprint density at radius 2 is 1.77 bits per heavy atom. The van der Waals surface area contributed by atoms with Crippen molar-refractivity contribution in [2.24, 2.45) is 0 Å². The molecule has 0 bridgehead atoms. The van der Waals surface area contributed by atoms with Gasteiger partial charge in [0.25, 0.3) is 5.91 Å². The van der Waals surface area contributed by atoms with Crippen molar-refractivity contribution < 1.29 is 23.1 Å². The molecule has 3 aromatic rings. The topological polar surface area (TPSA) is 80.3 Å². The molecule has 1 heterocycles. The van der Waals surface area contributed by atoms with Crippen LogP contribution in [-0.4, -0.2) is 29.9 Å². The number of rotatable bonds is 7. The van der Waals surface area contributed by atoms with E-state index in [4.69, 9.17) is 4.74 Å². The molecule has 0 fully saturated rings. The first-order valence-corrected chi connectivity index (χ1v) is 10.4. The zero-order valence-corrected chi connectivity index (χ0v) is 17.9. The lowest BCUT2D eigenvalue weighted by atomic mass is 10.1. The van der Waals surface area contributed by atoms with E-state index in [9.17, 15) is 18.4 Å². The molecule has 0 saturated carbocycles. The maximum absolute atomic E-state index is 13.6. The number of ether oxygens (including phenoxy) is 1. The minimum Gasteiger partial charge on any atom is -0.491 e. The molecule has 2 amide bonds. The van der Waals surface area contributed by atoms with E-state index in [1.165, 1.54) is 24.5 Å². The summed E-state index contributed by atoms with van der Waals surface area (Å²) < 4.78 is 32.5. The fourth-order valence-electron chi connectivity index (χ4n) is 2.80. The first kappa shape index (κ1) is 22.4. The first-order chi connectivity index (χ1) is 14.8. The molecular formula is C22H21F2N3O3S. The van der Waals surface area contributed by atoms with Crippen molar-refractivity contribution in [3.8, 4) is 16.3 Å². The summed E-state index contributed by atoms with van der Waals surface area (Å²) in [4.78, 5) is 29.3. The average molecular weight is 445 g/mol. The molecule has 9 heteroatoms. The number of amides is 2. The van der Waals surface area contributed by atoms with Gasteiger partial charge in [-0.05, 0) is 55.8 Å². The maximum Gasteiger partial charge on any atom is 0.271 e. The van der Waals surface area contributed by atoms with Gasteiger partial charge in [0.15, 0.2) is 11.6 Å². The summed E-state index contributed by atoms with van der Waals surface area (Å²) in [5.41, 5.74) is 1.03. The van der Waals surface area contributed by atoms with Crippen LogP contribution in [0.3, 0.4) is 0 Å². The van der Waals surface area contributed by atoms with Crippen molar-refractivity contribution >= 4 is 23.2 Å². The molecule has 3 rings (SSSR count). The summed E-state index contributed by atoms with van der Waals surface area (Å²) in [6.45, 7) is 3.87. The fourth-order valence-corrected chi connectivity index (χ4v) is 3.61. The monoisotopic (exact) mass is 445 g/mol. The van der Waals surface area contributed by atoms with Crippen LogP contribution < -0.4 is 15.4 Å². The molecule has 0 saturated heterocycles. The summed E-state index contributed by atoms with van der Waals surface area (Å²) in [6, 6.07) is 9.14. The molecule has 0 aliphatic rings. The second kappa shape index (κ2) is 9.65. The Bertz CT molecular complexity index is 1080. The van der Waals surface area contributed by atoms with Crippen LogP contribution in [0.1, 0.15) is 35.9 Å². The van der Waals surface area contributed by atoms with Gasteiger partial charge in [0, 0.05) is 18.0 Å². The van der Waals surface area contributed by atoms with Crippen molar-refractivity contribution in [2.75, 3.05) is 7.05 Å². The number of thiazole rings is 1. The third kappa shape index (κ3) is 5.43. The highest BCUT2D eigenvalue weighted by molar-refractivity contribution is 7.13. The molecule has 0 spiro atoms. The van der Waals surface area contributed by atoms with E-state index in [0.29, 0.717) is 5.01 Å². The fraction of sp³-hybridized carbons (Fsp3) is 0.227. The van der Waals surface area contributed by atoms with E-state index in [0.717, 1.165) is 23.4 Å². The number of carbonyl (C=O) groups is 2. The standard InChI is InChI=1S/C22H21F2N3O3S/c1-12(2)30-15-7-4-13(5-8-15)22-26-18(11-31-22)20(28)27-19(21(29)25-3)14-6-9-16(23)17(24)10-14/h4-12,19H,1-3H3,(H,25,29)(H,27,28). The molecule has 31 heavy (non-hydrogen) atoms. The van der Waals surface area contributed by atoms with Crippen molar-refractivity contribution in [1.29, 1.82) is 0 Å².